The van der Waals surface area contributed by atoms with Crippen molar-refractivity contribution in [1.82, 2.24) is 0 Å². The zero-order valence-corrected chi connectivity index (χ0v) is 14.1. The van der Waals surface area contributed by atoms with Gasteiger partial charge in [-0.2, -0.15) is 0 Å². The van der Waals surface area contributed by atoms with E-state index in [0.717, 1.165) is 12.0 Å². The van der Waals surface area contributed by atoms with Crippen molar-refractivity contribution < 1.29 is 4.39 Å². The topological polar surface area (TPSA) is 0 Å². The molecule has 0 aliphatic rings. The molecule has 0 radical (unpaired) electrons. The molecule has 0 fully saturated rings. The van der Waals surface area contributed by atoms with Gasteiger partial charge in [0.05, 0.1) is 4.47 Å². The zero-order valence-electron chi connectivity index (χ0n) is 10.9. The Bertz CT molecular complexity index is 593. The van der Waals surface area contributed by atoms with E-state index in [4.69, 9.17) is 0 Å². The quantitative estimate of drug-likeness (QED) is 0.578. The van der Waals surface area contributed by atoms with Gasteiger partial charge in [-0.05, 0) is 65.0 Å². The molecule has 0 amide bonds. The molecule has 2 aromatic carbocycles. The van der Waals surface area contributed by atoms with Crippen molar-refractivity contribution in [1.29, 1.82) is 0 Å². The van der Waals surface area contributed by atoms with E-state index in [1.807, 2.05) is 6.07 Å². The van der Waals surface area contributed by atoms with Gasteiger partial charge in [-0.25, -0.2) is 4.39 Å². The molecule has 1 unspecified atom stereocenters. The fraction of sp³-hybridized carbons (Fsp3) is 0.250. The summed E-state index contributed by atoms with van der Waals surface area (Å²) in [5.41, 5.74) is 4.78. The van der Waals surface area contributed by atoms with E-state index in [-0.39, 0.29) is 10.6 Å². The van der Waals surface area contributed by atoms with E-state index in [1.165, 1.54) is 16.7 Å². The molecule has 19 heavy (non-hydrogen) atoms. The van der Waals surface area contributed by atoms with Crippen LogP contribution in [0.15, 0.2) is 40.9 Å². The van der Waals surface area contributed by atoms with Crippen molar-refractivity contribution in [2.75, 3.05) is 0 Å². The Morgan fingerprint density at radius 2 is 1.84 bits per heavy atom. The molecule has 0 spiro atoms. The van der Waals surface area contributed by atoms with Crippen LogP contribution < -0.4 is 0 Å². The molecule has 3 heteroatoms. The lowest BCUT2D eigenvalue weighted by atomic mass is 9.98. The third kappa shape index (κ3) is 3.67. The number of rotatable bonds is 3. The van der Waals surface area contributed by atoms with Crippen LogP contribution in [0, 0.1) is 19.7 Å². The summed E-state index contributed by atoms with van der Waals surface area (Å²) in [7, 11) is 0. The summed E-state index contributed by atoms with van der Waals surface area (Å²) in [5, 5.41) is 0. The summed E-state index contributed by atoms with van der Waals surface area (Å²) < 4.78 is 14.1. The Morgan fingerprint density at radius 3 is 2.53 bits per heavy atom. The molecule has 0 aliphatic carbocycles. The first-order chi connectivity index (χ1) is 8.97. The van der Waals surface area contributed by atoms with Crippen LogP contribution in [-0.4, -0.2) is 0 Å². The van der Waals surface area contributed by atoms with Gasteiger partial charge < -0.3 is 0 Å². The highest BCUT2D eigenvalue weighted by molar-refractivity contribution is 9.10. The first-order valence-electron chi connectivity index (χ1n) is 6.12. The molecule has 2 aromatic rings. The molecular weight excluding hydrogens is 371 g/mol. The summed E-state index contributed by atoms with van der Waals surface area (Å²) in [6, 6.07) is 11.7. The molecule has 0 aliphatic heterocycles. The lowest BCUT2D eigenvalue weighted by Crippen LogP contribution is -1.99. The van der Waals surface area contributed by atoms with Crippen LogP contribution >= 0.6 is 31.9 Å². The maximum atomic E-state index is 13.6. The highest BCUT2D eigenvalue weighted by Crippen LogP contribution is 2.30. The minimum Gasteiger partial charge on any atom is -0.206 e. The van der Waals surface area contributed by atoms with Gasteiger partial charge >= 0.3 is 0 Å². The van der Waals surface area contributed by atoms with E-state index in [9.17, 15) is 4.39 Å². The molecule has 0 bridgehead atoms. The van der Waals surface area contributed by atoms with Crippen molar-refractivity contribution in [2.45, 2.75) is 25.1 Å². The number of aryl methyl sites for hydroxylation is 2. The Hall–Kier alpha value is -0.670. The van der Waals surface area contributed by atoms with Crippen LogP contribution in [0.4, 0.5) is 4.39 Å². The summed E-state index contributed by atoms with van der Waals surface area (Å²) in [5.74, 6) is -0.220. The van der Waals surface area contributed by atoms with E-state index in [1.54, 1.807) is 12.1 Å². The number of hydrogen-bond donors (Lipinski definition) is 0. The minimum absolute atomic E-state index is 0.121. The monoisotopic (exact) mass is 384 g/mol. The zero-order chi connectivity index (χ0) is 14.0. The van der Waals surface area contributed by atoms with Crippen molar-refractivity contribution in [3.05, 3.63) is 68.9 Å². The Kier molecular flexibility index (Phi) is 4.80. The molecule has 0 aromatic heterocycles. The molecule has 1 atom stereocenters. The van der Waals surface area contributed by atoms with Gasteiger partial charge in [-0.15, -0.1) is 0 Å². The Balaban J connectivity index is 2.22. The van der Waals surface area contributed by atoms with Crippen LogP contribution in [0.5, 0.6) is 0 Å². The Morgan fingerprint density at radius 1 is 1.11 bits per heavy atom. The summed E-state index contributed by atoms with van der Waals surface area (Å²) in [6.07, 6.45) is 0.856. The SMILES string of the molecule is Cc1ccc(C)c(CC(Br)c2ccc(Br)c(F)c2)c1. The molecule has 0 saturated heterocycles. The summed E-state index contributed by atoms with van der Waals surface area (Å²) in [4.78, 5) is 0.121. The lowest BCUT2D eigenvalue weighted by molar-refractivity contribution is 0.618. The van der Waals surface area contributed by atoms with Crippen molar-refractivity contribution in [3.8, 4) is 0 Å². The van der Waals surface area contributed by atoms with E-state index < -0.39 is 0 Å². The maximum absolute atomic E-state index is 13.6. The van der Waals surface area contributed by atoms with Gasteiger partial charge in [0, 0.05) is 4.83 Å². The van der Waals surface area contributed by atoms with Crippen LogP contribution in [0.3, 0.4) is 0 Å². The van der Waals surface area contributed by atoms with Crippen molar-refractivity contribution in [2.24, 2.45) is 0 Å². The predicted octanol–water partition coefficient (Wildman–Crippen LogP) is 5.88. The summed E-state index contributed by atoms with van der Waals surface area (Å²) >= 11 is 6.83. The number of halogens is 3. The van der Waals surface area contributed by atoms with Gasteiger partial charge in [0.25, 0.3) is 0 Å². The lowest BCUT2D eigenvalue weighted by Gasteiger charge is -2.13. The van der Waals surface area contributed by atoms with E-state index in [2.05, 4.69) is 63.9 Å². The van der Waals surface area contributed by atoms with E-state index in [0.29, 0.717) is 4.47 Å². The van der Waals surface area contributed by atoms with Crippen LogP contribution in [0.25, 0.3) is 0 Å². The minimum atomic E-state index is -0.220. The molecule has 100 valence electrons. The highest BCUT2D eigenvalue weighted by Gasteiger charge is 2.12. The van der Waals surface area contributed by atoms with Crippen LogP contribution in [0.2, 0.25) is 0 Å². The largest absolute Gasteiger partial charge is 0.206 e. The number of alkyl halides is 1. The van der Waals surface area contributed by atoms with Gasteiger partial charge in [-0.3, -0.25) is 0 Å². The predicted molar refractivity (Wildman–Crippen MR) is 85.4 cm³/mol. The average molecular weight is 386 g/mol. The summed E-state index contributed by atoms with van der Waals surface area (Å²) in [6.45, 7) is 4.20. The maximum Gasteiger partial charge on any atom is 0.137 e. The highest BCUT2D eigenvalue weighted by atomic mass is 79.9. The molecule has 0 saturated carbocycles. The second-order valence-corrected chi connectivity index (χ2v) is 6.73. The normalized spacial score (nSPS) is 12.5. The molecule has 0 nitrogen and oxygen atoms in total. The first-order valence-corrected chi connectivity index (χ1v) is 7.83. The fourth-order valence-corrected chi connectivity index (χ4v) is 2.92. The van der Waals surface area contributed by atoms with Gasteiger partial charge in [0.15, 0.2) is 0 Å². The van der Waals surface area contributed by atoms with Crippen LogP contribution in [0.1, 0.15) is 27.1 Å². The molecule has 2 rings (SSSR count). The van der Waals surface area contributed by atoms with E-state index >= 15 is 0 Å². The van der Waals surface area contributed by atoms with Gasteiger partial charge in [-0.1, -0.05) is 45.8 Å². The third-order valence-electron chi connectivity index (χ3n) is 3.21. The molecule has 0 N–H and O–H groups in total. The Labute approximate surface area is 130 Å². The fourth-order valence-electron chi connectivity index (χ4n) is 2.04. The number of benzene rings is 2. The van der Waals surface area contributed by atoms with Crippen molar-refractivity contribution in [3.63, 3.8) is 0 Å². The first kappa shape index (κ1) is 14.7. The van der Waals surface area contributed by atoms with Crippen LogP contribution in [-0.2, 0) is 6.42 Å². The molecular formula is C16H15Br2F. The standard InChI is InChI=1S/C16H15Br2F/c1-10-3-4-11(2)13(7-10)8-15(18)12-5-6-14(17)16(19)9-12/h3-7,9,15H,8H2,1-2H3. The third-order valence-corrected chi connectivity index (χ3v) is 4.70. The smallest absolute Gasteiger partial charge is 0.137 e. The van der Waals surface area contributed by atoms with Crippen molar-refractivity contribution >= 4 is 31.9 Å². The van der Waals surface area contributed by atoms with Gasteiger partial charge in [0.2, 0.25) is 0 Å². The number of hydrogen-bond acceptors (Lipinski definition) is 0. The average Bonchev–Trinajstić information content (AvgIpc) is 2.37. The molecule has 0 heterocycles. The second kappa shape index (κ2) is 6.19. The van der Waals surface area contributed by atoms with Gasteiger partial charge in [0.1, 0.15) is 5.82 Å². The second-order valence-electron chi connectivity index (χ2n) is 4.78.